The van der Waals surface area contributed by atoms with Crippen LogP contribution in [0.5, 0.6) is 0 Å². The van der Waals surface area contributed by atoms with Gasteiger partial charge in [0.15, 0.2) is 17.5 Å². The van der Waals surface area contributed by atoms with Crippen molar-refractivity contribution in [2.24, 2.45) is 0 Å². The van der Waals surface area contributed by atoms with E-state index in [0.717, 1.165) is 11.6 Å². The van der Waals surface area contributed by atoms with E-state index in [-0.39, 0.29) is 16.5 Å². The SMILES string of the molecule is Cc1ccc2c(c1)c1c(F)c(C)ccc1n2-c1c(F)cc(C)c(F)c1F. The number of fused-ring (bicyclic) bond motifs is 3. The molecule has 0 radical (unpaired) electrons. The minimum Gasteiger partial charge on any atom is -0.304 e. The summed E-state index contributed by atoms with van der Waals surface area (Å²) in [7, 11) is 0. The molecular weight excluding hydrogens is 342 g/mol. The lowest BCUT2D eigenvalue weighted by Gasteiger charge is -2.12. The van der Waals surface area contributed by atoms with Gasteiger partial charge in [-0.05, 0) is 56.2 Å². The topological polar surface area (TPSA) is 4.93 Å². The van der Waals surface area contributed by atoms with E-state index in [2.05, 4.69) is 0 Å². The van der Waals surface area contributed by atoms with Gasteiger partial charge in [0.2, 0.25) is 0 Å². The molecule has 4 aromatic rings. The summed E-state index contributed by atoms with van der Waals surface area (Å²) in [4.78, 5) is 0. The molecule has 0 aliphatic rings. The Morgan fingerprint density at radius 3 is 2.12 bits per heavy atom. The Bertz CT molecular complexity index is 1200. The number of benzene rings is 3. The molecule has 0 aliphatic carbocycles. The zero-order chi connectivity index (χ0) is 18.7. The first-order chi connectivity index (χ1) is 12.3. The fourth-order valence-corrected chi connectivity index (χ4v) is 3.44. The predicted octanol–water partition coefficient (Wildman–Crippen LogP) is 6.27. The van der Waals surface area contributed by atoms with E-state index in [1.165, 1.54) is 11.5 Å². The lowest BCUT2D eigenvalue weighted by atomic mass is 10.1. The second-order valence-electron chi connectivity index (χ2n) is 6.60. The van der Waals surface area contributed by atoms with Gasteiger partial charge in [0.1, 0.15) is 11.5 Å². The summed E-state index contributed by atoms with van der Waals surface area (Å²) < 4.78 is 59.6. The average Bonchev–Trinajstić information content (AvgIpc) is 2.90. The van der Waals surface area contributed by atoms with E-state index in [4.69, 9.17) is 0 Å². The van der Waals surface area contributed by atoms with Gasteiger partial charge >= 0.3 is 0 Å². The van der Waals surface area contributed by atoms with Crippen molar-refractivity contribution in [3.05, 3.63) is 76.4 Å². The molecule has 1 nitrogen and oxygen atoms in total. The number of nitrogens with zero attached hydrogens (tertiary/aromatic N) is 1. The van der Waals surface area contributed by atoms with Gasteiger partial charge in [0, 0.05) is 10.8 Å². The number of aryl methyl sites for hydroxylation is 3. The smallest absolute Gasteiger partial charge is 0.186 e. The number of hydrogen-bond acceptors (Lipinski definition) is 0. The molecule has 5 heteroatoms. The number of rotatable bonds is 1. The molecule has 0 saturated carbocycles. The molecule has 0 unspecified atom stereocenters. The van der Waals surface area contributed by atoms with Crippen molar-refractivity contribution in [2.45, 2.75) is 20.8 Å². The highest BCUT2D eigenvalue weighted by Crippen LogP contribution is 2.37. The number of hydrogen-bond donors (Lipinski definition) is 0. The minimum absolute atomic E-state index is 0.123. The second kappa shape index (κ2) is 5.59. The molecule has 3 aromatic carbocycles. The standard InChI is InChI=1S/C21H15F4N/c1-10-4-6-15-13(8-10)17-16(7-5-11(2)18(17)23)26(15)21-14(22)9-12(3)19(24)20(21)25/h4-9H,1-3H3. The Morgan fingerprint density at radius 2 is 1.38 bits per heavy atom. The Kier molecular flexibility index (Phi) is 3.58. The Hall–Kier alpha value is -2.82. The number of aromatic nitrogens is 1. The van der Waals surface area contributed by atoms with Gasteiger partial charge in [-0.15, -0.1) is 0 Å². The van der Waals surface area contributed by atoms with E-state index in [0.29, 0.717) is 16.5 Å². The van der Waals surface area contributed by atoms with Gasteiger partial charge in [-0.25, -0.2) is 17.6 Å². The van der Waals surface area contributed by atoms with Crippen LogP contribution in [0.2, 0.25) is 0 Å². The quantitative estimate of drug-likeness (QED) is 0.280. The third kappa shape index (κ3) is 2.16. The van der Waals surface area contributed by atoms with Crippen molar-refractivity contribution >= 4 is 21.8 Å². The zero-order valence-electron chi connectivity index (χ0n) is 14.4. The van der Waals surface area contributed by atoms with Gasteiger partial charge in [0.05, 0.1) is 11.0 Å². The van der Waals surface area contributed by atoms with Crippen molar-refractivity contribution in [2.75, 3.05) is 0 Å². The molecule has 132 valence electrons. The molecule has 1 heterocycles. The summed E-state index contributed by atoms with van der Waals surface area (Å²) in [5.41, 5.74) is 1.34. The van der Waals surface area contributed by atoms with Crippen LogP contribution in [0.25, 0.3) is 27.5 Å². The van der Waals surface area contributed by atoms with Crippen LogP contribution in [-0.4, -0.2) is 4.57 Å². The maximum atomic E-state index is 14.9. The largest absolute Gasteiger partial charge is 0.304 e. The van der Waals surface area contributed by atoms with Gasteiger partial charge < -0.3 is 4.57 Å². The lowest BCUT2D eigenvalue weighted by Crippen LogP contribution is -2.05. The third-order valence-corrected chi connectivity index (χ3v) is 4.76. The van der Waals surface area contributed by atoms with E-state index < -0.39 is 29.0 Å². The van der Waals surface area contributed by atoms with Gasteiger partial charge in [-0.3, -0.25) is 0 Å². The zero-order valence-corrected chi connectivity index (χ0v) is 14.4. The number of halogens is 4. The fraction of sp³-hybridized carbons (Fsp3) is 0.143. The monoisotopic (exact) mass is 357 g/mol. The average molecular weight is 357 g/mol. The van der Waals surface area contributed by atoms with Crippen molar-refractivity contribution in [3.8, 4) is 5.69 Å². The summed E-state index contributed by atoms with van der Waals surface area (Å²) in [6, 6.07) is 9.28. The third-order valence-electron chi connectivity index (χ3n) is 4.76. The molecule has 0 fully saturated rings. The van der Waals surface area contributed by atoms with Crippen LogP contribution >= 0.6 is 0 Å². The van der Waals surface area contributed by atoms with Crippen LogP contribution in [0.4, 0.5) is 17.6 Å². The first-order valence-corrected chi connectivity index (χ1v) is 8.15. The van der Waals surface area contributed by atoms with Gasteiger partial charge in [-0.1, -0.05) is 17.7 Å². The highest BCUT2D eigenvalue weighted by Gasteiger charge is 2.24. The van der Waals surface area contributed by atoms with Crippen LogP contribution < -0.4 is 0 Å². The molecule has 0 bridgehead atoms. The van der Waals surface area contributed by atoms with E-state index >= 15 is 0 Å². The van der Waals surface area contributed by atoms with Crippen LogP contribution in [0.3, 0.4) is 0 Å². The Labute approximate surface area is 147 Å². The van der Waals surface area contributed by atoms with Crippen molar-refractivity contribution in [3.63, 3.8) is 0 Å². The first kappa shape index (κ1) is 16.6. The van der Waals surface area contributed by atoms with E-state index in [1.807, 2.05) is 6.92 Å². The van der Waals surface area contributed by atoms with E-state index in [9.17, 15) is 17.6 Å². The maximum absolute atomic E-state index is 14.9. The molecule has 26 heavy (non-hydrogen) atoms. The van der Waals surface area contributed by atoms with Crippen LogP contribution in [-0.2, 0) is 0 Å². The second-order valence-corrected chi connectivity index (χ2v) is 6.60. The van der Waals surface area contributed by atoms with Gasteiger partial charge in [0.25, 0.3) is 0 Å². The molecule has 4 rings (SSSR count). The summed E-state index contributed by atoms with van der Waals surface area (Å²) in [5.74, 6) is -3.76. The van der Waals surface area contributed by atoms with Crippen LogP contribution in [0.1, 0.15) is 16.7 Å². The summed E-state index contributed by atoms with van der Waals surface area (Å²) >= 11 is 0. The molecule has 0 saturated heterocycles. The first-order valence-electron chi connectivity index (χ1n) is 8.15. The summed E-state index contributed by atoms with van der Waals surface area (Å²) in [6.45, 7) is 4.77. The van der Waals surface area contributed by atoms with E-state index in [1.54, 1.807) is 37.3 Å². The van der Waals surface area contributed by atoms with Crippen LogP contribution in [0, 0.1) is 44.0 Å². The molecule has 0 atom stereocenters. The highest BCUT2D eigenvalue weighted by molar-refractivity contribution is 6.10. The highest BCUT2D eigenvalue weighted by atomic mass is 19.2. The lowest BCUT2D eigenvalue weighted by molar-refractivity contribution is 0.484. The van der Waals surface area contributed by atoms with Crippen molar-refractivity contribution < 1.29 is 17.6 Å². The molecule has 0 aliphatic heterocycles. The fourth-order valence-electron chi connectivity index (χ4n) is 3.44. The minimum atomic E-state index is -1.29. The Morgan fingerprint density at radius 1 is 0.692 bits per heavy atom. The van der Waals surface area contributed by atoms with Gasteiger partial charge in [-0.2, -0.15) is 0 Å². The summed E-state index contributed by atoms with van der Waals surface area (Å²) in [5, 5.41) is 0.796. The van der Waals surface area contributed by atoms with Crippen LogP contribution in [0.15, 0.2) is 36.4 Å². The van der Waals surface area contributed by atoms with Crippen molar-refractivity contribution in [1.82, 2.24) is 4.57 Å². The molecular formula is C21H15F4N. The maximum Gasteiger partial charge on any atom is 0.186 e. The molecule has 0 spiro atoms. The normalized spacial score (nSPS) is 11.7. The molecule has 1 aromatic heterocycles. The molecule has 0 N–H and O–H groups in total. The van der Waals surface area contributed by atoms with Crippen molar-refractivity contribution in [1.29, 1.82) is 0 Å². The summed E-state index contributed by atoms with van der Waals surface area (Å²) in [6.07, 6.45) is 0. The predicted molar refractivity (Wildman–Crippen MR) is 94.8 cm³/mol. The molecule has 0 amide bonds. The Balaban J connectivity index is 2.28.